The van der Waals surface area contributed by atoms with Gasteiger partial charge in [-0.05, 0) is 26.7 Å². The van der Waals surface area contributed by atoms with E-state index in [0.29, 0.717) is 6.04 Å². The summed E-state index contributed by atoms with van der Waals surface area (Å²) in [5, 5.41) is 4.41. The van der Waals surface area contributed by atoms with E-state index >= 15 is 0 Å². The Morgan fingerprint density at radius 2 is 2.00 bits per heavy atom. The van der Waals surface area contributed by atoms with Crippen LogP contribution in [0.1, 0.15) is 33.2 Å². The number of aryl methyl sites for hydroxylation is 2. The highest BCUT2D eigenvalue weighted by atomic mass is 32.1. The van der Waals surface area contributed by atoms with Gasteiger partial charge in [0.1, 0.15) is 22.8 Å². The Morgan fingerprint density at radius 3 is 2.60 bits per heavy atom. The maximum atomic E-state index is 12.7. The number of nitrogens with zero attached hydrogens (tertiary/aromatic N) is 5. The maximum Gasteiger partial charge on any atom is 0.265 e. The van der Waals surface area contributed by atoms with Crippen molar-refractivity contribution in [2.45, 2.75) is 32.7 Å². The first kappa shape index (κ1) is 17.6. The lowest BCUT2D eigenvalue weighted by molar-refractivity contribution is 0.0722. The molecule has 0 saturated carbocycles. The van der Waals surface area contributed by atoms with Gasteiger partial charge in [0.15, 0.2) is 0 Å². The number of thiazole rings is 1. The second-order valence-corrected chi connectivity index (χ2v) is 7.72. The quantitative estimate of drug-likeness (QED) is 0.902. The number of aromatic nitrogens is 3. The van der Waals surface area contributed by atoms with Gasteiger partial charge in [-0.15, -0.1) is 11.3 Å². The van der Waals surface area contributed by atoms with E-state index in [0.717, 1.165) is 53.1 Å². The van der Waals surface area contributed by atoms with E-state index in [2.05, 4.69) is 20.3 Å². The molecule has 1 aliphatic rings. The molecular formula is C17H24N6OS. The first-order valence-corrected chi connectivity index (χ1v) is 9.25. The largest absolute Gasteiger partial charge is 0.367 e. The van der Waals surface area contributed by atoms with Crippen LogP contribution in [0.15, 0.2) is 12.4 Å². The van der Waals surface area contributed by atoms with E-state index in [-0.39, 0.29) is 5.91 Å². The van der Waals surface area contributed by atoms with Crippen molar-refractivity contribution in [3.63, 3.8) is 0 Å². The third-order valence-electron chi connectivity index (χ3n) is 4.34. The molecule has 2 aromatic heterocycles. The van der Waals surface area contributed by atoms with Gasteiger partial charge in [-0.3, -0.25) is 4.79 Å². The lowest BCUT2D eigenvalue weighted by Gasteiger charge is -2.32. The fourth-order valence-corrected chi connectivity index (χ4v) is 3.87. The molecule has 0 bridgehead atoms. The molecule has 0 unspecified atom stereocenters. The second-order valence-electron chi connectivity index (χ2n) is 6.51. The standard InChI is InChI=1S/C17H24N6OS/c1-11-16(25-12(2)20-11)17(24)23-7-5-13(6-8-23)21-14-9-15(22(3)4)19-10-18-14/h9-10,13H,5-8H2,1-4H3,(H,18,19,21). The molecule has 3 rings (SSSR count). The average Bonchev–Trinajstić information content (AvgIpc) is 2.93. The Hall–Kier alpha value is -2.22. The van der Waals surface area contributed by atoms with Gasteiger partial charge in [0.05, 0.1) is 10.7 Å². The Labute approximate surface area is 152 Å². The van der Waals surface area contributed by atoms with Gasteiger partial charge in [0, 0.05) is 39.3 Å². The summed E-state index contributed by atoms with van der Waals surface area (Å²) < 4.78 is 0. The number of hydrogen-bond acceptors (Lipinski definition) is 7. The highest BCUT2D eigenvalue weighted by molar-refractivity contribution is 7.13. The summed E-state index contributed by atoms with van der Waals surface area (Å²) in [6.07, 6.45) is 3.39. The number of carbonyl (C=O) groups is 1. The highest BCUT2D eigenvalue weighted by Gasteiger charge is 2.26. The number of likely N-dealkylation sites (tertiary alicyclic amines) is 1. The molecule has 1 amide bonds. The molecule has 0 aliphatic carbocycles. The topological polar surface area (TPSA) is 74.2 Å². The van der Waals surface area contributed by atoms with E-state index in [1.807, 2.05) is 43.8 Å². The van der Waals surface area contributed by atoms with Crippen LogP contribution in [0.2, 0.25) is 0 Å². The molecule has 1 fully saturated rings. The zero-order valence-electron chi connectivity index (χ0n) is 15.1. The van der Waals surface area contributed by atoms with Crippen molar-refractivity contribution in [2.75, 3.05) is 37.4 Å². The van der Waals surface area contributed by atoms with Crippen LogP contribution in [0.25, 0.3) is 0 Å². The molecule has 1 N–H and O–H groups in total. The van der Waals surface area contributed by atoms with Crippen LogP contribution >= 0.6 is 11.3 Å². The average molecular weight is 360 g/mol. The van der Waals surface area contributed by atoms with Gasteiger partial charge in [0.2, 0.25) is 0 Å². The summed E-state index contributed by atoms with van der Waals surface area (Å²) in [5.74, 6) is 1.82. The third-order valence-corrected chi connectivity index (χ3v) is 5.40. The number of piperidine rings is 1. The van der Waals surface area contributed by atoms with Gasteiger partial charge in [0.25, 0.3) is 5.91 Å². The molecule has 0 aromatic carbocycles. The molecule has 134 valence electrons. The van der Waals surface area contributed by atoms with Crippen molar-refractivity contribution in [3.05, 3.63) is 28.0 Å². The van der Waals surface area contributed by atoms with Crippen molar-refractivity contribution < 1.29 is 4.79 Å². The fourth-order valence-electron chi connectivity index (χ4n) is 2.98. The minimum absolute atomic E-state index is 0.110. The molecule has 0 atom stereocenters. The molecule has 1 saturated heterocycles. The minimum Gasteiger partial charge on any atom is -0.367 e. The number of carbonyl (C=O) groups excluding carboxylic acids is 1. The van der Waals surface area contributed by atoms with E-state index in [1.165, 1.54) is 11.3 Å². The van der Waals surface area contributed by atoms with Gasteiger partial charge in [-0.2, -0.15) is 0 Å². The molecule has 7 nitrogen and oxygen atoms in total. The predicted octanol–water partition coefficient (Wildman–Crippen LogP) is 2.33. The van der Waals surface area contributed by atoms with Gasteiger partial charge in [-0.1, -0.05) is 0 Å². The molecule has 1 aliphatic heterocycles. The summed E-state index contributed by atoms with van der Waals surface area (Å²) in [4.78, 5) is 30.2. The highest BCUT2D eigenvalue weighted by Crippen LogP contribution is 2.23. The Kier molecular flexibility index (Phi) is 5.17. The summed E-state index contributed by atoms with van der Waals surface area (Å²) in [7, 11) is 3.92. The summed E-state index contributed by atoms with van der Waals surface area (Å²) in [6, 6.07) is 2.26. The number of anilines is 2. The maximum absolute atomic E-state index is 12.7. The van der Waals surface area contributed by atoms with Crippen LogP contribution in [0, 0.1) is 13.8 Å². The van der Waals surface area contributed by atoms with Crippen LogP contribution in [-0.4, -0.2) is 59.0 Å². The molecule has 3 heterocycles. The summed E-state index contributed by atoms with van der Waals surface area (Å²) in [5.41, 5.74) is 0.838. The van der Waals surface area contributed by atoms with Crippen molar-refractivity contribution in [1.82, 2.24) is 19.9 Å². The van der Waals surface area contributed by atoms with Crippen molar-refractivity contribution in [1.29, 1.82) is 0 Å². The van der Waals surface area contributed by atoms with E-state index < -0.39 is 0 Å². The van der Waals surface area contributed by atoms with Crippen molar-refractivity contribution >= 4 is 28.9 Å². The predicted molar refractivity (Wildman–Crippen MR) is 100 cm³/mol. The first-order valence-electron chi connectivity index (χ1n) is 8.43. The SMILES string of the molecule is Cc1nc(C)c(C(=O)N2CCC(Nc3cc(N(C)C)ncn3)CC2)s1. The first-order chi connectivity index (χ1) is 11.9. The van der Waals surface area contributed by atoms with E-state index in [9.17, 15) is 4.79 Å². The molecule has 0 spiro atoms. The Morgan fingerprint density at radius 1 is 1.28 bits per heavy atom. The van der Waals surface area contributed by atoms with Gasteiger partial charge in [-0.25, -0.2) is 15.0 Å². The Balaban J connectivity index is 1.58. The van der Waals surface area contributed by atoms with Crippen LogP contribution in [0.3, 0.4) is 0 Å². The number of nitrogens with one attached hydrogen (secondary N) is 1. The molecule has 2 aromatic rings. The molecular weight excluding hydrogens is 336 g/mol. The van der Waals surface area contributed by atoms with Gasteiger partial charge < -0.3 is 15.1 Å². The molecule has 25 heavy (non-hydrogen) atoms. The smallest absolute Gasteiger partial charge is 0.265 e. The fraction of sp³-hybridized carbons (Fsp3) is 0.529. The zero-order chi connectivity index (χ0) is 18.0. The molecule has 0 radical (unpaired) electrons. The minimum atomic E-state index is 0.110. The van der Waals surface area contributed by atoms with Crippen LogP contribution in [0.5, 0.6) is 0 Å². The number of rotatable bonds is 4. The van der Waals surface area contributed by atoms with Crippen LogP contribution in [-0.2, 0) is 0 Å². The lowest BCUT2D eigenvalue weighted by atomic mass is 10.0. The van der Waals surface area contributed by atoms with E-state index in [1.54, 1.807) is 6.33 Å². The summed E-state index contributed by atoms with van der Waals surface area (Å²) >= 11 is 1.48. The van der Waals surface area contributed by atoms with E-state index in [4.69, 9.17) is 0 Å². The normalized spacial score (nSPS) is 15.3. The number of amides is 1. The van der Waals surface area contributed by atoms with Crippen LogP contribution in [0.4, 0.5) is 11.6 Å². The zero-order valence-corrected chi connectivity index (χ0v) is 15.9. The third kappa shape index (κ3) is 4.07. The Bertz CT molecular complexity index is 751. The number of hydrogen-bond donors (Lipinski definition) is 1. The van der Waals surface area contributed by atoms with Crippen molar-refractivity contribution in [3.8, 4) is 0 Å². The van der Waals surface area contributed by atoms with Crippen LogP contribution < -0.4 is 10.2 Å². The monoisotopic (exact) mass is 360 g/mol. The lowest BCUT2D eigenvalue weighted by Crippen LogP contribution is -2.42. The van der Waals surface area contributed by atoms with Crippen molar-refractivity contribution in [2.24, 2.45) is 0 Å². The molecule has 8 heteroatoms. The second kappa shape index (κ2) is 7.35. The summed E-state index contributed by atoms with van der Waals surface area (Å²) in [6.45, 7) is 5.34. The van der Waals surface area contributed by atoms with Gasteiger partial charge >= 0.3 is 0 Å².